The van der Waals surface area contributed by atoms with E-state index in [-0.39, 0.29) is 28.7 Å². The van der Waals surface area contributed by atoms with Gasteiger partial charge in [-0.05, 0) is 77.1 Å². The van der Waals surface area contributed by atoms with E-state index in [1.807, 2.05) is 13.8 Å². The van der Waals surface area contributed by atoms with Crippen molar-refractivity contribution in [2.24, 2.45) is 0 Å². The second kappa shape index (κ2) is 13.4. The molecule has 8 nitrogen and oxygen atoms in total. The van der Waals surface area contributed by atoms with Gasteiger partial charge in [-0.1, -0.05) is 35.9 Å². The summed E-state index contributed by atoms with van der Waals surface area (Å²) in [5, 5.41) is 2.77. The Morgan fingerprint density at radius 2 is 1.57 bits per heavy atom. The summed E-state index contributed by atoms with van der Waals surface area (Å²) in [6, 6.07) is 17.4. The average molecular weight is 570 g/mol. The Balaban J connectivity index is 2.03. The van der Waals surface area contributed by atoms with Crippen LogP contribution in [0.1, 0.15) is 38.8 Å². The van der Waals surface area contributed by atoms with Crippen molar-refractivity contribution in [1.82, 2.24) is 10.2 Å². The fourth-order valence-electron chi connectivity index (χ4n) is 4.04. The van der Waals surface area contributed by atoms with Crippen LogP contribution in [0.5, 0.6) is 5.75 Å². The van der Waals surface area contributed by atoms with Crippen LogP contribution in [-0.4, -0.2) is 50.4 Å². The first-order valence-electron chi connectivity index (χ1n) is 13.1. The lowest BCUT2D eigenvalue weighted by molar-refractivity contribution is -0.139. The molecule has 40 heavy (non-hydrogen) atoms. The minimum Gasteiger partial charge on any atom is -0.494 e. The number of anilines is 1. The molecule has 0 radical (unpaired) electrons. The van der Waals surface area contributed by atoms with Gasteiger partial charge in [-0.2, -0.15) is 0 Å². The van der Waals surface area contributed by atoms with E-state index in [0.29, 0.717) is 12.4 Å². The summed E-state index contributed by atoms with van der Waals surface area (Å²) in [7, 11) is -4.22. The molecule has 0 saturated heterocycles. The summed E-state index contributed by atoms with van der Waals surface area (Å²) >= 11 is 0. The second-order valence-corrected chi connectivity index (χ2v) is 11.6. The highest BCUT2D eigenvalue weighted by Gasteiger charge is 2.33. The molecule has 0 aliphatic carbocycles. The summed E-state index contributed by atoms with van der Waals surface area (Å²) in [4.78, 5) is 28.0. The molecule has 3 aromatic rings. The highest BCUT2D eigenvalue weighted by molar-refractivity contribution is 7.92. The predicted octanol–water partition coefficient (Wildman–Crippen LogP) is 4.67. The molecule has 3 aromatic carbocycles. The zero-order valence-corrected chi connectivity index (χ0v) is 24.2. The van der Waals surface area contributed by atoms with Crippen molar-refractivity contribution in [3.63, 3.8) is 0 Å². The van der Waals surface area contributed by atoms with Crippen molar-refractivity contribution in [1.29, 1.82) is 0 Å². The Bertz CT molecular complexity index is 1410. The molecule has 3 rings (SSSR count). The van der Waals surface area contributed by atoms with Crippen molar-refractivity contribution in [3.8, 4) is 5.75 Å². The molecule has 1 N–H and O–H groups in total. The smallest absolute Gasteiger partial charge is 0.264 e. The van der Waals surface area contributed by atoms with Crippen molar-refractivity contribution in [3.05, 3.63) is 89.7 Å². The maximum atomic E-state index is 14.6. The van der Waals surface area contributed by atoms with E-state index in [2.05, 4.69) is 5.32 Å². The number of carbonyl (C=O) groups excluding carboxylic acids is 2. The number of halogens is 1. The Hall–Kier alpha value is -3.92. The maximum Gasteiger partial charge on any atom is 0.264 e. The molecule has 0 spiro atoms. The number of hydrogen-bond acceptors (Lipinski definition) is 5. The molecule has 0 saturated carbocycles. The number of sulfonamides is 1. The van der Waals surface area contributed by atoms with E-state index in [1.54, 1.807) is 56.3 Å². The molecule has 214 valence electrons. The molecule has 0 bridgehead atoms. The number of carbonyl (C=O) groups is 2. The van der Waals surface area contributed by atoms with Gasteiger partial charge >= 0.3 is 0 Å². The van der Waals surface area contributed by atoms with Crippen molar-refractivity contribution < 1.29 is 27.1 Å². The number of aryl methyl sites for hydroxylation is 1. The molecule has 0 fully saturated rings. The van der Waals surface area contributed by atoms with Gasteiger partial charge in [0, 0.05) is 18.2 Å². The van der Waals surface area contributed by atoms with Crippen LogP contribution in [0.3, 0.4) is 0 Å². The molecule has 0 aromatic heterocycles. The lowest BCUT2D eigenvalue weighted by Gasteiger charge is -2.32. The molecular weight excluding hydrogens is 533 g/mol. The minimum atomic E-state index is -4.22. The average Bonchev–Trinajstić information content (AvgIpc) is 2.91. The van der Waals surface area contributed by atoms with Gasteiger partial charge in [-0.3, -0.25) is 13.9 Å². The van der Waals surface area contributed by atoms with Crippen LogP contribution in [0.15, 0.2) is 77.7 Å². The van der Waals surface area contributed by atoms with E-state index in [1.165, 1.54) is 42.2 Å². The zero-order chi connectivity index (χ0) is 29.4. The van der Waals surface area contributed by atoms with Crippen molar-refractivity contribution in [2.75, 3.05) is 17.5 Å². The topological polar surface area (TPSA) is 96.0 Å². The fourth-order valence-corrected chi connectivity index (χ4v) is 5.45. The lowest BCUT2D eigenvalue weighted by atomic mass is 10.1. The van der Waals surface area contributed by atoms with E-state index in [9.17, 15) is 22.4 Å². The van der Waals surface area contributed by atoms with Gasteiger partial charge < -0.3 is 15.0 Å². The first kappa shape index (κ1) is 30.6. The first-order chi connectivity index (χ1) is 18.9. The third-order valence-corrected chi connectivity index (χ3v) is 8.01. The number of rotatable bonds is 12. The normalized spacial score (nSPS) is 12.1. The van der Waals surface area contributed by atoms with E-state index in [4.69, 9.17) is 4.74 Å². The second-order valence-electron chi connectivity index (χ2n) is 9.70. The van der Waals surface area contributed by atoms with Crippen molar-refractivity contribution in [2.45, 2.75) is 58.1 Å². The highest BCUT2D eigenvalue weighted by Crippen LogP contribution is 2.26. The molecule has 2 amide bonds. The van der Waals surface area contributed by atoms with E-state index in [0.717, 1.165) is 9.87 Å². The summed E-state index contributed by atoms with van der Waals surface area (Å²) in [6.07, 6.45) is 0. The third-order valence-electron chi connectivity index (χ3n) is 6.22. The monoisotopic (exact) mass is 569 g/mol. The minimum absolute atomic E-state index is 0.0319. The Morgan fingerprint density at radius 3 is 2.15 bits per heavy atom. The Morgan fingerprint density at radius 1 is 0.950 bits per heavy atom. The standard InChI is InChI=1S/C30H36FN3O5S/c1-6-39-26-15-17-27(18-16-26)40(37,38)34(25-13-11-22(4)12-14-25)20-29(35)33(23(5)30(36)32-21(2)3)19-24-9-7-8-10-28(24)31/h7-18,21,23H,6,19-20H2,1-5H3,(H,32,36)/t23-/m0/s1. The molecule has 0 aliphatic rings. The highest BCUT2D eigenvalue weighted by atomic mass is 32.2. The number of amides is 2. The number of nitrogens with zero attached hydrogens (tertiary/aromatic N) is 2. The summed E-state index contributed by atoms with van der Waals surface area (Å²) in [5.41, 5.74) is 1.39. The SMILES string of the molecule is CCOc1ccc(S(=O)(=O)N(CC(=O)N(Cc2ccccc2F)[C@@H](C)C(=O)NC(C)C)c2ccc(C)cc2)cc1. The summed E-state index contributed by atoms with van der Waals surface area (Å²) in [5.74, 6) is -1.12. The quantitative estimate of drug-likeness (QED) is 0.342. The molecule has 0 aliphatic heterocycles. The number of ether oxygens (including phenoxy) is 1. The Kier molecular flexibility index (Phi) is 10.3. The van der Waals surface area contributed by atoms with Gasteiger partial charge in [-0.15, -0.1) is 0 Å². The number of hydrogen-bond donors (Lipinski definition) is 1. The van der Waals surface area contributed by atoms with Crippen LogP contribution in [0.4, 0.5) is 10.1 Å². The molecule has 1 atom stereocenters. The maximum absolute atomic E-state index is 14.6. The van der Waals surface area contributed by atoms with Crippen LogP contribution in [-0.2, 0) is 26.2 Å². The largest absolute Gasteiger partial charge is 0.494 e. The van der Waals surface area contributed by atoms with Crippen LogP contribution in [0.2, 0.25) is 0 Å². The van der Waals surface area contributed by atoms with E-state index >= 15 is 0 Å². The zero-order valence-electron chi connectivity index (χ0n) is 23.4. The molecule has 0 unspecified atom stereocenters. The third kappa shape index (κ3) is 7.59. The van der Waals surface area contributed by atoms with Crippen LogP contribution in [0, 0.1) is 12.7 Å². The van der Waals surface area contributed by atoms with Gasteiger partial charge in [0.2, 0.25) is 11.8 Å². The van der Waals surface area contributed by atoms with Gasteiger partial charge in [-0.25, -0.2) is 12.8 Å². The first-order valence-corrected chi connectivity index (χ1v) is 14.5. The van der Waals surface area contributed by atoms with Crippen LogP contribution < -0.4 is 14.4 Å². The van der Waals surface area contributed by atoms with Gasteiger partial charge in [0.05, 0.1) is 17.2 Å². The van der Waals surface area contributed by atoms with Crippen molar-refractivity contribution >= 4 is 27.5 Å². The number of nitrogens with one attached hydrogen (secondary N) is 1. The van der Waals surface area contributed by atoms with Gasteiger partial charge in [0.15, 0.2) is 0 Å². The van der Waals surface area contributed by atoms with Gasteiger partial charge in [0.25, 0.3) is 10.0 Å². The molecule has 0 heterocycles. The summed E-state index contributed by atoms with van der Waals surface area (Å²) < 4.78 is 48.8. The fraction of sp³-hybridized carbons (Fsp3) is 0.333. The lowest BCUT2D eigenvalue weighted by Crippen LogP contribution is -2.52. The van der Waals surface area contributed by atoms with Crippen LogP contribution >= 0.6 is 0 Å². The summed E-state index contributed by atoms with van der Waals surface area (Å²) in [6.45, 7) is 8.40. The van der Waals surface area contributed by atoms with E-state index < -0.39 is 40.2 Å². The molecular formula is C30H36FN3O5S. The Labute approximate surface area is 235 Å². The van der Waals surface area contributed by atoms with Crippen LogP contribution in [0.25, 0.3) is 0 Å². The van der Waals surface area contributed by atoms with Gasteiger partial charge in [0.1, 0.15) is 24.2 Å². The molecule has 10 heteroatoms. The number of benzene rings is 3. The predicted molar refractivity (Wildman–Crippen MR) is 153 cm³/mol.